The number of nitrogens with one attached hydrogen (secondary N) is 2. The Kier molecular flexibility index (Phi) is 5.53. The Morgan fingerprint density at radius 3 is 2.44 bits per heavy atom. The zero-order chi connectivity index (χ0) is 23.7. The zero-order valence-corrected chi connectivity index (χ0v) is 18.6. The fourth-order valence-corrected chi connectivity index (χ4v) is 4.03. The van der Waals surface area contributed by atoms with Crippen LogP contribution in [-0.2, 0) is 4.79 Å². The first kappa shape index (κ1) is 21.4. The van der Waals surface area contributed by atoms with Crippen molar-refractivity contribution in [2.75, 3.05) is 23.8 Å². The molecular weight excluding hydrogens is 426 g/mol. The second kappa shape index (κ2) is 8.80. The van der Waals surface area contributed by atoms with E-state index in [2.05, 4.69) is 51.9 Å². The highest BCUT2D eigenvalue weighted by atomic mass is 16.2. The number of H-pyrrole nitrogens is 1. The third kappa shape index (κ3) is 4.00. The van der Waals surface area contributed by atoms with Crippen LogP contribution in [0.15, 0.2) is 84.9 Å². The molecular formula is C27H23N5O2. The number of benzene rings is 4. The summed E-state index contributed by atoms with van der Waals surface area (Å²) in [5, 5.41) is 14.6. The van der Waals surface area contributed by atoms with E-state index < -0.39 is 0 Å². The van der Waals surface area contributed by atoms with Crippen molar-refractivity contribution >= 4 is 44.7 Å². The number of carbonyl (C=O) groups excluding carboxylic acids is 2. The molecule has 34 heavy (non-hydrogen) atoms. The van der Waals surface area contributed by atoms with Crippen LogP contribution in [0.1, 0.15) is 10.5 Å². The van der Waals surface area contributed by atoms with Crippen LogP contribution in [0.3, 0.4) is 0 Å². The first-order chi connectivity index (χ1) is 16.5. The average molecular weight is 450 g/mol. The molecule has 0 aliphatic heterocycles. The molecule has 0 saturated heterocycles. The van der Waals surface area contributed by atoms with E-state index >= 15 is 0 Å². The molecule has 0 fully saturated rings. The van der Waals surface area contributed by atoms with Gasteiger partial charge in [-0.05, 0) is 57.9 Å². The Bertz CT molecular complexity index is 1520. The molecule has 0 spiro atoms. The third-order valence-corrected chi connectivity index (χ3v) is 5.88. The van der Waals surface area contributed by atoms with Crippen LogP contribution < -0.4 is 16.0 Å². The molecule has 4 N–H and O–H groups in total. The van der Waals surface area contributed by atoms with Crippen LogP contribution in [0.5, 0.6) is 0 Å². The Balaban J connectivity index is 1.37. The average Bonchev–Trinajstić information content (AvgIpc) is 3.38. The number of fused-ring (bicyclic) bond motifs is 3. The quantitative estimate of drug-likeness (QED) is 0.342. The Hall–Kier alpha value is -4.49. The van der Waals surface area contributed by atoms with Gasteiger partial charge in [-0.1, -0.05) is 48.5 Å². The second-order valence-corrected chi connectivity index (χ2v) is 8.05. The number of rotatable bonds is 5. The molecule has 0 unspecified atom stereocenters. The number of aromatic nitrogens is 2. The van der Waals surface area contributed by atoms with Crippen molar-refractivity contribution in [3.8, 4) is 11.3 Å². The Labute approximate surface area is 196 Å². The summed E-state index contributed by atoms with van der Waals surface area (Å²) in [4.78, 5) is 26.0. The summed E-state index contributed by atoms with van der Waals surface area (Å²) >= 11 is 0. The number of nitrogens with two attached hydrogens (primary N) is 1. The lowest BCUT2D eigenvalue weighted by Crippen LogP contribution is -2.26. The van der Waals surface area contributed by atoms with Crippen molar-refractivity contribution in [3.63, 3.8) is 0 Å². The maximum Gasteiger partial charge on any atom is 0.276 e. The predicted octanol–water partition coefficient (Wildman–Crippen LogP) is 4.56. The van der Waals surface area contributed by atoms with Crippen LogP contribution in [0.25, 0.3) is 32.8 Å². The van der Waals surface area contributed by atoms with Crippen molar-refractivity contribution in [2.24, 2.45) is 5.73 Å². The van der Waals surface area contributed by atoms with Crippen molar-refractivity contribution in [2.45, 2.75) is 0 Å². The summed E-state index contributed by atoms with van der Waals surface area (Å²) in [6.45, 7) is -0.0872. The van der Waals surface area contributed by atoms with E-state index in [-0.39, 0.29) is 18.4 Å². The van der Waals surface area contributed by atoms with Gasteiger partial charge in [-0.15, -0.1) is 0 Å². The summed E-state index contributed by atoms with van der Waals surface area (Å²) < 4.78 is 0. The van der Waals surface area contributed by atoms with E-state index in [9.17, 15) is 9.59 Å². The fourth-order valence-electron chi connectivity index (χ4n) is 4.03. The summed E-state index contributed by atoms with van der Waals surface area (Å²) in [5.74, 6) is -0.492. The molecule has 4 aromatic carbocycles. The van der Waals surface area contributed by atoms with Gasteiger partial charge in [0.1, 0.15) is 5.69 Å². The first-order valence-electron chi connectivity index (χ1n) is 10.9. The highest BCUT2D eigenvalue weighted by molar-refractivity contribution is 6.09. The minimum atomic E-state index is -0.274. The van der Waals surface area contributed by atoms with Crippen molar-refractivity contribution in [1.29, 1.82) is 0 Å². The van der Waals surface area contributed by atoms with Gasteiger partial charge in [-0.2, -0.15) is 5.10 Å². The molecule has 0 saturated carbocycles. The van der Waals surface area contributed by atoms with Gasteiger partial charge in [0.2, 0.25) is 5.91 Å². The normalized spacial score (nSPS) is 11.0. The molecule has 0 aliphatic rings. The van der Waals surface area contributed by atoms with Gasteiger partial charge in [-0.25, -0.2) is 0 Å². The lowest BCUT2D eigenvalue weighted by atomic mass is 9.99. The minimum absolute atomic E-state index is 0.0872. The number of hydrogen-bond acceptors (Lipinski definition) is 4. The third-order valence-electron chi connectivity index (χ3n) is 5.88. The lowest BCUT2D eigenvalue weighted by Gasteiger charge is -2.16. The van der Waals surface area contributed by atoms with Gasteiger partial charge < -0.3 is 16.0 Å². The number of aromatic amines is 1. The monoisotopic (exact) mass is 449 g/mol. The van der Waals surface area contributed by atoms with Crippen molar-refractivity contribution in [1.82, 2.24) is 10.2 Å². The first-order valence-corrected chi connectivity index (χ1v) is 10.9. The number of anilines is 2. The number of amides is 2. The minimum Gasteiger partial charge on any atom is -0.325 e. The van der Waals surface area contributed by atoms with Gasteiger partial charge in [0.05, 0.1) is 12.2 Å². The van der Waals surface area contributed by atoms with Gasteiger partial charge in [0.15, 0.2) is 0 Å². The molecule has 7 heteroatoms. The van der Waals surface area contributed by atoms with Crippen molar-refractivity contribution < 1.29 is 9.59 Å². The topological polar surface area (TPSA) is 104 Å². The van der Waals surface area contributed by atoms with Gasteiger partial charge >= 0.3 is 0 Å². The molecule has 1 heterocycles. The predicted molar refractivity (Wildman–Crippen MR) is 136 cm³/mol. The van der Waals surface area contributed by atoms with E-state index in [1.807, 2.05) is 18.2 Å². The summed E-state index contributed by atoms with van der Waals surface area (Å²) in [7, 11) is 1.69. The molecule has 0 bridgehead atoms. The lowest BCUT2D eigenvalue weighted by molar-refractivity contribution is -0.114. The molecule has 0 aliphatic carbocycles. The molecule has 5 aromatic rings. The molecule has 0 radical (unpaired) electrons. The van der Waals surface area contributed by atoms with Crippen LogP contribution >= 0.6 is 0 Å². The van der Waals surface area contributed by atoms with E-state index in [1.54, 1.807) is 37.4 Å². The van der Waals surface area contributed by atoms with Crippen molar-refractivity contribution in [3.05, 3.63) is 90.6 Å². The largest absolute Gasteiger partial charge is 0.325 e. The number of nitrogens with zero attached hydrogens (tertiary/aromatic N) is 2. The number of carbonyl (C=O) groups is 2. The number of hydrogen-bond donors (Lipinski definition) is 3. The highest BCUT2D eigenvalue weighted by Gasteiger charge is 2.17. The zero-order valence-electron chi connectivity index (χ0n) is 18.6. The maximum absolute atomic E-state index is 13.0. The maximum atomic E-state index is 13.0. The molecule has 1 aromatic heterocycles. The van der Waals surface area contributed by atoms with Crippen LogP contribution in [0.4, 0.5) is 11.4 Å². The van der Waals surface area contributed by atoms with Gasteiger partial charge in [0.25, 0.3) is 5.91 Å². The van der Waals surface area contributed by atoms with E-state index in [1.165, 1.54) is 21.1 Å². The van der Waals surface area contributed by atoms with E-state index in [4.69, 9.17) is 5.73 Å². The molecule has 0 atom stereocenters. The van der Waals surface area contributed by atoms with Crippen LogP contribution in [0, 0.1) is 0 Å². The Morgan fingerprint density at radius 2 is 1.65 bits per heavy atom. The molecule has 7 nitrogen and oxygen atoms in total. The molecule has 2 amide bonds. The molecule has 5 rings (SSSR count). The Morgan fingerprint density at radius 1 is 0.912 bits per heavy atom. The summed E-state index contributed by atoms with van der Waals surface area (Å²) in [6, 6.07) is 27.5. The van der Waals surface area contributed by atoms with E-state index in [0.29, 0.717) is 22.8 Å². The standard InChI is InChI=1S/C27H23N5O2/c1-32(21-11-9-20(10-12-21)29-26(33)16-28)27(34)25-15-24(30-31-25)19-8-13-23-18(14-19)7-6-17-4-2-3-5-22(17)23/h2-15H,16,28H2,1H3,(H,29,33)(H,30,31). The highest BCUT2D eigenvalue weighted by Crippen LogP contribution is 2.29. The SMILES string of the molecule is CN(C(=O)c1cc(-c2ccc3c(ccc4ccccc43)c2)n[nH]1)c1ccc(NC(=O)CN)cc1. The van der Waals surface area contributed by atoms with Crippen LogP contribution in [-0.4, -0.2) is 35.6 Å². The summed E-state index contributed by atoms with van der Waals surface area (Å²) in [5.41, 5.74) is 8.64. The second-order valence-electron chi connectivity index (χ2n) is 8.05. The van der Waals surface area contributed by atoms with Gasteiger partial charge in [0, 0.05) is 24.0 Å². The van der Waals surface area contributed by atoms with E-state index in [0.717, 1.165) is 10.9 Å². The van der Waals surface area contributed by atoms with Gasteiger partial charge in [-0.3, -0.25) is 14.7 Å². The molecule has 168 valence electrons. The van der Waals surface area contributed by atoms with Crippen LogP contribution in [0.2, 0.25) is 0 Å². The summed E-state index contributed by atoms with van der Waals surface area (Å²) in [6.07, 6.45) is 0. The fraction of sp³-hybridized carbons (Fsp3) is 0.0741. The smallest absolute Gasteiger partial charge is 0.276 e.